The van der Waals surface area contributed by atoms with E-state index in [-0.39, 0.29) is 11.7 Å². The Labute approximate surface area is 109 Å². The highest BCUT2D eigenvalue weighted by Gasteiger charge is 2.27. The largest absolute Gasteiger partial charge is 0.309 e. The molecule has 0 saturated carbocycles. The molecule has 0 saturated heterocycles. The second-order valence-electron chi connectivity index (χ2n) is 4.30. The van der Waals surface area contributed by atoms with Crippen molar-refractivity contribution in [2.24, 2.45) is 0 Å². The molecule has 0 N–H and O–H groups in total. The summed E-state index contributed by atoms with van der Waals surface area (Å²) in [5.74, 6) is -0.328. The third-order valence-electron chi connectivity index (χ3n) is 3.15. The summed E-state index contributed by atoms with van der Waals surface area (Å²) in [6, 6.07) is 8.85. The molecule has 0 radical (unpaired) electrons. The molecule has 1 aromatic carbocycles. The van der Waals surface area contributed by atoms with Crippen LogP contribution in [0.15, 0.2) is 35.7 Å². The third-order valence-corrected chi connectivity index (χ3v) is 4.03. The quantitative estimate of drug-likeness (QED) is 0.813. The number of nitrogens with zero attached hydrogens (tertiary/aromatic N) is 1. The molecule has 0 aliphatic carbocycles. The molecule has 18 heavy (non-hydrogen) atoms. The van der Waals surface area contributed by atoms with E-state index in [1.165, 1.54) is 6.07 Å². The van der Waals surface area contributed by atoms with Gasteiger partial charge in [0.05, 0.1) is 12.1 Å². The van der Waals surface area contributed by atoms with E-state index in [4.69, 9.17) is 0 Å². The predicted molar refractivity (Wildman–Crippen MR) is 70.5 cm³/mol. The first-order chi connectivity index (χ1) is 8.75. The number of carbonyl (C=O) groups excluding carboxylic acids is 1. The van der Waals surface area contributed by atoms with Gasteiger partial charge in [-0.2, -0.15) is 0 Å². The average Bonchev–Trinajstić information content (AvgIpc) is 2.97. The van der Waals surface area contributed by atoms with Gasteiger partial charge in [0.1, 0.15) is 5.82 Å². The Hall–Kier alpha value is -1.68. The van der Waals surface area contributed by atoms with Crippen LogP contribution in [-0.4, -0.2) is 12.5 Å². The number of halogens is 1. The van der Waals surface area contributed by atoms with Crippen LogP contribution < -0.4 is 4.90 Å². The Morgan fingerprint density at radius 2 is 2.22 bits per heavy atom. The lowest BCUT2D eigenvalue weighted by Crippen LogP contribution is -2.30. The summed E-state index contributed by atoms with van der Waals surface area (Å²) in [5.41, 5.74) is 1.40. The number of fused-ring (bicyclic) bond motifs is 1. The van der Waals surface area contributed by atoms with Gasteiger partial charge in [0.25, 0.3) is 0 Å². The number of anilines is 1. The van der Waals surface area contributed by atoms with Gasteiger partial charge in [-0.15, -0.1) is 11.3 Å². The molecule has 0 unspecified atom stereocenters. The standard InChI is InChI=1S/C14H12FNOS/c15-12-5-1-3-10-6-7-16(14(10)12)13(17)9-11-4-2-8-18-11/h1-5,8H,6-7,9H2. The van der Waals surface area contributed by atoms with Crippen LogP contribution in [0.3, 0.4) is 0 Å². The number of rotatable bonds is 2. The molecular formula is C14H12FNOS. The normalized spacial score (nSPS) is 13.7. The van der Waals surface area contributed by atoms with Crippen molar-refractivity contribution in [2.75, 3.05) is 11.4 Å². The van der Waals surface area contributed by atoms with Gasteiger partial charge in [-0.25, -0.2) is 4.39 Å². The number of hydrogen-bond acceptors (Lipinski definition) is 2. The zero-order valence-electron chi connectivity index (χ0n) is 9.73. The maximum absolute atomic E-state index is 13.8. The molecule has 2 nitrogen and oxygen atoms in total. The van der Waals surface area contributed by atoms with Crippen LogP contribution in [0.1, 0.15) is 10.4 Å². The highest BCUT2D eigenvalue weighted by Crippen LogP contribution is 2.31. The maximum atomic E-state index is 13.8. The lowest BCUT2D eigenvalue weighted by atomic mass is 10.1. The minimum absolute atomic E-state index is 0.0266. The van der Waals surface area contributed by atoms with Crippen LogP contribution in [0.4, 0.5) is 10.1 Å². The Morgan fingerprint density at radius 1 is 1.33 bits per heavy atom. The Bertz CT molecular complexity index is 579. The van der Waals surface area contributed by atoms with Crippen molar-refractivity contribution in [3.05, 3.63) is 52.0 Å². The van der Waals surface area contributed by atoms with Crippen molar-refractivity contribution >= 4 is 22.9 Å². The Balaban J connectivity index is 1.86. The predicted octanol–water partition coefficient (Wildman–Crippen LogP) is 3.02. The molecule has 0 spiro atoms. The van der Waals surface area contributed by atoms with Crippen LogP contribution >= 0.6 is 11.3 Å². The number of carbonyl (C=O) groups is 1. The van der Waals surface area contributed by atoms with E-state index >= 15 is 0 Å². The van der Waals surface area contributed by atoms with Crippen molar-refractivity contribution in [2.45, 2.75) is 12.8 Å². The molecule has 2 aromatic rings. The lowest BCUT2D eigenvalue weighted by molar-refractivity contribution is -0.117. The SMILES string of the molecule is O=C(Cc1cccs1)N1CCc2cccc(F)c21. The number of benzene rings is 1. The fourth-order valence-corrected chi connectivity index (χ4v) is 3.01. The second-order valence-corrected chi connectivity index (χ2v) is 5.33. The molecule has 0 bridgehead atoms. The zero-order chi connectivity index (χ0) is 12.5. The highest BCUT2D eigenvalue weighted by molar-refractivity contribution is 7.10. The van der Waals surface area contributed by atoms with Crippen LogP contribution in [-0.2, 0) is 17.6 Å². The molecule has 1 aliphatic rings. The van der Waals surface area contributed by atoms with E-state index in [1.807, 2.05) is 23.6 Å². The van der Waals surface area contributed by atoms with E-state index in [9.17, 15) is 9.18 Å². The minimum Gasteiger partial charge on any atom is -0.309 e. The molecular weight excluding hydrogens is 249 g/mol. The van der Waals surface area contributed by atoms with Gasteiger partial charge >= 0.3 is 0 Å². The summed E-state index contributed by atoms with van der Waals surface area (Å²) in [4.78, 5) is 14.8. The van der Waals surface area contributed by atoms with Gasteiger partial charge in [-0.05, 0) is 29.5 Å². The fraction of sp³-hybridized carbons (Fsp3) is 0.214. The van der Waals surface area contributed by atoms with E-state index in [1.54, 1.807) is 22.3 Å². The summed E-state index contributed by atoms with van der Waals surface area (Å²) in [6.07, 6.45) is 1.09. The monoisotopic (exact) mass is 261 g/mol. The Morgan fingerprint density at radius 3 is 3.00 bits per heavy atom. The minimum atomic E-state index is -0.301. The molecule has 4 heteroatoms. The van der Waals surface area contributed by atoms with Crippen LogP contribution in [0.25, 0.3) is 0 Å². The van der Waals surface area contributed by atoms with E-state index in [0.29, 0.717) is 18.7 Å². The van der Waals surface area contributed by atoms with Gasteiger partial charge in [0.2, 0.25) is 5.91 Å². The average molecular weight is 261 g/mol. The summed E-state index contributed by atoms with van der Waals surface area (Å²) in [5, 5.41) is 1.95. The summed E-state index contributed by atoms with van der Waals surface area (Å²) >= 11 is 1.55. The molecule has 1 aliphatic heterocycles. The first-order valence-corrected chi connectivity index (χ1v) is 6.74. The lowest BCUT2D eigenvalue weighted by Gasteiger charge is -2.17. The summed E-state index contributed by atoms with van der Waals surface area (Å²) in [7, 11) is 0. The maximum Gasteiger partial charge on any atom is 0.232 e. The van der Waals surface area contributed by atoms with Crippen molar-refractivity contribution < 1.29 is 9.18 Å². The molecule has 3 rings (SSSR count). The van der Waals surface area contributed by atoms with Crippen LogP contribution in [0.2, 0.25) is 0 Å². The highest BCUT2D eigenvalue weighted by atomic mass is 32.1. The molecule has 2 heterocycles. The Kier molecular flexibility index (Phi) is 2.88. The van der Waals surface area contributed by atoms with Gasteiger partial charge in [-0.1, -0.05) is 18.2 Å². The topological polar surface area (TPSA) is 20.3 Å². The van der Waals surface area contributed by atoms with Crippen molar-refractivity contribution in [1.82, 2.24) is 0 Å². The van der Waals surface area contributed by atoms with Crippen molar-refractivity contribution in [1.29, 1.82) is 0 Å². The van der Waals surface area contributed by atoms with Crippen molar-refractivity contribution in [3.63, 3.8) is 0 Å². The number of hydrogen-bond donors (Lipinski definition) is 0. The number of para-hydroxylation sites is 1. The number of thiophene rings is 1. The fourth-order valence-electron chi connectivity index (χ4n) is 2.32. The molecule has 92 valence electrons. The molecule has 0 atom stereocenters. The smallest absolute Gasteiger partial charge is 0.232 e. The van der Waals surface area contributed by atoms with Crippen LogP contribution in [0.5, 0.6) is 0 Å². The second kappa shape index (κ2) is 4.53. The van der Waals surface area contributed by atoms with Crippen molar-refractivity contribution in [3.8, 4) is 0 Å². The van der Waals surface area contributed by atoms with Crippen LogP contribution in [0, 0.1) is 5.82 Å². The number of amides is 1. The van der Waals surface area contributed by atoms with Gasteiger partial charge < -0.3 is 4.90 Å². The molecule has 1 aromatic heterocycles. The van der Waals surface area contributed by atoms with Gasteiger partial charge in [-0.3, -0.25) is 4.79 Å². The van der Waals surface area contributed by atoms with E-state index in [0.717, 1.165) is 16.9 Å². The molecule has 1 amide bonds. The first kappa shape index (κ1) is 11.4. The van der Waals surface area contributed by atoms with Gasteiger partial charge in [0, 0.05) is 11.4 Å². The third kappa shape index (κ3) is 1.93. The molecule has 0 fully saturated rings. The summed E-state index contributed by atoms with van der Waals surface area (Å²) < 4.78 is 13.8. The first-order valence-electron chi connectivity index (χ1n) is 5.86. The zero-order valence-corrected chi connectivity index (χ0v) is 10.5. The van der Waals surface area contributed by atoms with Gasteiger partial charge in [0.15, 0.2) is 0 Å². The summed E-state index contributed by atoms with van der Waals surface area (Å²) in [6.45, 7) is 0.584. The van der Waals surface area contributed by atoms with E-state index in [2.05, 4.69) is 0 Å². The van der Waals surface area contributed by atoms with E-state index < -0.39 is 0 Å².